The average molecular weight is 287 g/mol. The molecule has 2 aromatic rings. The van der Waals surface area contributed by atoms with E-state index < -0.39 is 0 Å². The topological polar surface area (TPSA) is 12.0 Å². The molecule has 0 saturated heterocycles. The number of nitrogens with one attached hydrogen (secondary N) is 1. The molecule has 1 nitrogen and oxygen atoms in total. The maximum Gasteiger partial charge on any atom is 0.0400 e. The molecule has 0 bridgehead atoms. The summed E-state index contributed by atoms with van der Waals surface area (Å²) in [6.07, 6.45) is 1.15. The van der Waals surface area contributed by atoms with E-state index in [0.717, 1.165) is 13.0 Å². The second kappa shape index (κ2) is 7.05. The molecule has 108 valence electrons. The van der Waals surface area contributed by atoms with Crippen LogP contribution in [0.5, 0.6) is 0 Å². The van der Waals surface area contributed by atoms with E-state index in [2.05, 4.69) is 69.4 Å². The molecule has 0 saturated carbocycles. The van der Waals surface area contributed by atoms with Gasteiger partial charge in [-0.3, -0.25) is 0 Å². The molecule has 1 aromatic heterocycles. The number of hydrogen-bond donors (Lipinski definition) is 1. The van der Waals surface area contributed by atoms with Gasteiger partial charge in [0.25, 0.3) is 0 Å². The van der Waals surface area contributed by atoms with Gasteiger partial charge >= 0.3 is 0 Å². The predicted octanol–water partition coefficient (Wildman–Crippen LogP) is 5.21. The molecule has 0 spiro atoms. The zero-order valence-electron chi connectivity index (χ0n) is 12.9. The van der Waals surface area contributed by atoms with E-state index in [1.807, 2.05) is 11.3 Å². The van der Waals surface area contributed by atoms with Gasteiger partial charge in [-0.05, 0) is 44.0 Å². The van der Waals surface area contributed by atoms with Gasteiger partial charge in [0.1, 0.15) is 0 Å². The molecule has 2 atom stereocenters. The molecule has 1 heterocycles. The minimum absolute atomic E-state index is 0.414. The van der Waals surface area contributed by atoms with Crippen LogP contribution in [0, 0.1) is 13.8 Å². The number of thiophene rings is 1. The lowest BCUT2D eigenvalue weighted by Crippen LogP contribution is -2.27. The van der Waals surface area contributed by atoms with Crippen LogP contribution in [0.2, 0.25) is 0 Å². The molecular weight excluding hydrogens is 262 g/mol. The first kappa shape index (κ1) is 15.3. The van der Waals surface area contributed by atoms with Crippen LogP contribution in [0.15, 0.2) is 36.4 Å². The van der Waals surface area contributed by atoms with E-state index in [1.54, 1.807) is 0 Å². The Morgan fingerprint density at radius 2 is 1.80 bits per heavy atom. The largest absolute Gasteiger partial charge is 0.310 e. The monoisotopic (exact) mass is 287 g/mol. The molecule has 0 aliphatic rings. The normalized spacial score (nSPS) is 14.2. The minimum atomic E-state index is 0.414. The van der Waals surface area contributed by atoms with Crippen LogP contribution in [0.3, 0.4) is 0 Å². The van der Waals surface area contributed by atoms with E-state index in [0.29, 0.717) is 12.0 Å². The first-order valence-electron chi connectivity index (χ1n) is 7.52. The molecule has 20 heavy (non-hydrogen) atoms. The van der Waals surface area contributed by atoms with Gasteiger partial charge < -0.3 is 5.32 Å². The quantitative estimate of drug-likeness (QED) is 0.769. The Morgan fingerprint density at radius 3 is 2.30 bits per heavy atom. The van der Waals surface area contributed by atoms with E-state index in [1.165, 1.54) is 20.9 Å². The third-order valence-corrected chi connectivity index (χ3v) is 4.89. The van der Waals surface area contributed by atoms with Crippen molar-refractivity contribution in [2.75, 3.05) is 6.54 Å². The molecule has 0 amide bonds. The highest BCUT2D eigenvalue weighted by Gasteiger charge is 2.24. The van der Waals surface area contributed by atoms with Crippen molar-refractivity contribution in [2.24, 2.45) is 0 Å². The first-order valence-corrected chi connectivity index (χ1v) is 8.34. The molecule has 2 rings (SSSR count). The number of hydrogen-bond acceptors (Lipinski definition) is 2. The van der Waals surface area contributed by atoms with Crippen molar-refractivity contribution in [3.8, 4) is 0 Å². The number of rotatable bonds is 6. The summed E-state index contributed by atoms with van der Waals surface area (Å²) in [5.74, 6) is 0.531. The maximum atomic E-state index is 3.71. The van der Waals surface area contributed by atoms with Crippen LogP contribution in [-0.2, 0) is 0 Å². The van der Waals surface area contributed by atoms with Gasteiger partial charge in [-0.1, -0.05) is 44.2 Å². The van der Waals surface area contributed by atoms with Gasteiger partial charge in [-0.2, -0.15) is 0 Å². The second-order valence-electron chi connectivity index (χ2n) is 5.33. The summed E-state index contributed by atoms with van der Waals surface area (Å²) in [6, 6.07) is 13.7. The fraction of sp³-hybridized carbons (Fsp3) is 0.444. The Bertz CT molecular complexity index is 530. The van der Waals surface area contributed by atoms with Crippen molar-refractivity contribution in [3.05, 3.63) is 57.3 Å². The van der Waals surface area contributed by atoms with Gasteiger partial charge in [-0.25, -0.2) is 0 Å². The van der Waals surface area contributed by atoms with E-state index in [-0.39, 0.29) is 0 Å². The van der Waals surface area contributed by atoms with Crippen molar-refractivity contribution in [1.29, 1.82) is 0 Å². The summed E-state index contributed by atoms with van der Waals surface area (Å²) in [6.45, 7) is 9.93. The van der Waals surface area contributed by atoms with Crippen LogP contribution < -0.4 is 5.32 Å². The zero-order valence-corrected chi connectivity index (χ0v) is 13.8. The molecule has 0 radical (unpaired) electrons. The van der Waals surface area contributed by atoms with Gasteiger partial charge in [0.15, 0.2) is 0 Å². The molecule has 2 unspecified atom stereocenters. The van der Waals surface area contributed by atoms with Crippen molar-refractivity contribution >= 4 is 11.3 Å². The second-order valence-corrected chi connectivity index (χ2v) is 6.79. The van der Waals surface area contributed by atoms with Crippen LogP contribution >= 0.6 is 11.3 Å². The fourth-order valence-electron chi connectivity index (χ4n) is 3.01. The summed E-state index contributed by atoms with van der Waals surface area (Å²) in [5.41, 5.74) is 2.91. The standard InChI is InChI=1S/C18H25NS/c1-5-16(15-10-8-7-9-11-15)18(19-6-2)17-12-13(3)20-14(17)4/h7-12,16,18-19H,5-6H2,1-4H3. The van der Waals surface area contributed by atoms with Crippen molar-refractivity contribution in [1.82, 2.24) is 5.32 Å². The Hall–Kier alpha value is -1.12. The lowest BCUT2D eigenvalue weighted by atomic mass is 9.85. The summed E-state index contributed by atoms with van der Waals surface area (Å²) in [5, 5.41) is 3.71. The molecule has 1 aromatic carbocycles. The fourth-order valence-corrected chi connectivity index (χ4v) is 3.98. The van der Waals surface area contributed by atoms with Crippen LogP contribution in [0.4, 0.5) is 0 Å². The molecule has 0 aliphatic heterocycles. The van der Waals surface area contributed by atoms with Gasteiger partial charge in [0.2, 0.25) is 0 Å². The van der Waals surface area contributed by atoms with Crippen molar-refractivity contribution < 1.29 is 0 Å². The third-order valence-electron chi connectivity index (χ3n) is 3.91. The number of likely N-dealkylation sites (N-methyl/N-ethyl adjacent to an activating group) is 1. The molecule has 2 heteroatoms. The van der Waals surface area contributed by atoms with Crippen LogP contribution in [0.1, 0.15) is 53.1 Å². The van der Waals surface area contributed by atoms with Crippen molar-refractivity contribution in [2.45, 2.75) is 46.1 Å². The highest BCUT2D eigenvalue weighted by Crippen LogP contribution is 2.37. The smallest absolute Gasteiger partial charge is 0.0400 e. The summed E-state index contributed by atoms with van der Waals surface area (Å²) < 4.78 is 0. The highest BCUT2D eigenvalue weighted by atomic mass is 32.1. The Balaban J connectivity index is 2.38. The first-order chi connectivity index (χ1) is 9.67. The summed E-state index contributed by atoms with van der Waals surface area (Å²) in [4.78, 5) is 2.85. The molecule has 0 fully saturated rings. The van der Waals surface area contributed by atoms with Gasteiger partial charge in [0.05, 0.1) is 0 Å². The SMILES string of the molecule is CCNC(c1cc(C)sc1C)C(CC)c1ccccc1. The number of aryl methyl sites for hydroxylation is 2. The van der Waals surface area contributed by atoms with E-state index >= 15 is 0 Å². The minimum Gasteiger partial charge on any atom is -0.310 e. The van der Waals surface area contributed by atoms with E-state index in [9.17, 15) is 0 Å². The third kappa shape index (κ3) is 3.31. The summed E-state index contributed by atoms with van der Waals surface area (Å²) in [7, 11) is 0. The summed E-state index contributed by atoms with van der Waals surface area (Å²) >= 11 is 1.91. The molecule has 1 N–H and O–H groups in total. The highest BCUT2D eigenvalue weighted by molar-refractivity contribution is 7.12. The van der Waals surface area contributed by atoms with Gasteiger partial charge in [-0.15, -0.1) is 11.3 Å². The Morgan fingerprint density at radius 1 is 1.10 bits per heavy atom. The zero-order chi connectivity index (χ0) is 14.5. The molecule has 0 aliphatic carbocycles. The van der Waals surface area contributed by atoms with Crippen LogP contribution in [0.25, 0.3) is 0 Å². The Labute approximate surface area is 127 Å². The lowest BCUT2D eigenvalue weighted by Gasteiger charge is -2.28. The van der Waals surface area contributed by atoms with Crippen LogP contribution in [-0.4, -0.2) is 6.54 Å². The lowest BCUT2D eigenvalue weighted by molar-refractivity contribution is 0.445. The van der Waals surface area contributed by atoms with Gasteiger partial charge in [0, 0.05) is 21.7 Å². The van der Waals surface area contributed by atoms with E-state index in [4.69, 9.17) is 0 Å². The molecular formula is C18H25NS. The number of benzene rings is 1. The average Bonchev–Trinajstić information content (AvgIpc) is 2.78. The van der Waals surface area contributed by atoms with Crippen molar-refractivity contribution in [3.63, 3.8) is 0 Å². The maximum absolute atomic E-state index is 3.71. The Kier molecular flexibility index (Phi) is 5.38. The predicted molar refractivity (Wildman–Crippen MR) is 89.7 cm³/mol.